The summed E-state index contributed by atoms with van der Waals surface area (Å²) in [5.74, 6) is 0. The molecule has 1 saturated heterocycles. The predicted molar refractivity (Wildman–Crippen MR) is 59.2 cm³/mol. The van der Waals surface area contributed by atoms with Crippen molar-refractivity contribution in [2.24, 2.45) is 0 Å². The van der Waals surface area contributed by atoms with Crippen molar-refractivity contribution in [2.45, 2.75) is 19.5 Å². The summed E-state index contributed by atoms with van der Waals surface area (Å²) in [7, 11) is 0. The highest BCUT2D eigenvalue weighted by molar-refractivity contribution is 5.14. The summed E-state index contributed by atoms with van der Waals surface area (Å²) in [6.45, 7) is 6.78. The van der Waals surface area contributed by atoms with Gasteiger partial charge in [-0.1, -0.05) is 30.3 Å². The van der Waals surface area contributed by atoms with E-state index in [2.05, 4.69) is 47.5 Å². The number of hydrogen-bond acceptors (Lipinski definition) is 2. The Labute approximate surface area is 85.9 Å². The van der Waals surface area contributed by atoms with E-state index in [-0.39, 0.29) is 0 Å². The van der Waals surface area contributed by atoms with Crippen LogP contribution in [0.1, 0.15) is 12.5 Å². The predicted octanol–water partition coefficient (Wildman–Crippen LogP) is 1.48. The van der Waals surface area contributed by atoms with Gasteiger partial charge >= 0.3 is 0 Å². The minimum atomic E-state index is 0.632. The fourth-order valence-corrected chi connectivity index (χ4v) is 2.00. The van der Waals surface area contributed by atoms with E-state index < -0.39 is 0 Å². The molecule has 1 fully saturated rings. The van der Waals surface area contributed by atoms with Crippen LogP contribution in [0.25, 0.3) is 0 Å². The van der Waals surface area contributed by atoms with Crippen molar-refractivity contribution in [1.82, 2.24) is 10.2 Å². The largest absolute Gasteiger partial charge is 0.312 e. The van der Waals surface area contributed by atoms with E-state index in [9.17, 15) is 0 Å². The number of hydrogen-bond donors (Lipinski definition) is 1. The minimum Gasteiger partial charge on any atom is -0.312 e. The molecule has 76 valence electrons. The third-order valence-corrected chi connectivity index (χ3v) is 2.70. The van der Waals surface area contributed by atoms with E-state index >= 15 is 0 Å². The molecule has 1 heterocycles. The molecule has 0 aromatic heterocycles. The Morgan fingerprint density at radius 2 is 2.14 bits per heavy atom. The molecule has 14 heavy (non-hydrogen) atoms. The molecule has 2 rings (SSSR count). The Morgan fingerprint density at radius 1 is 1.36 bits per heavy atom. The molecule has 2 nitrogen and oxygen atoms in total. The van der Waals surface area contributed by atoms with E-state index in [4.69, 9.17) is 0 Å². The zero-order valence-electron chi connectivity index (χ0n) is 8.74. The van der Waals surface area contributed by atoms with Crippen LogP contribution in [0, 0.1) is 0 Å². The van der Waals surface area contributed by atoms with Crippen LogP contribution in [-0.4, -0.2) is 30.6 Å². The second-order valence-corrected chi connectivity index (χ2v) is 4.08. The number of rotatable bonds is 2. The van der Waals surface area contributed by atoms with Crippen LogP contribution in [-0.2, 0) is 6.54 Å². The lowest BCUT2D eigenvalue weighted by atomic mass is 10.2. The number of piperazine rings is 1. The van der Waals surface area contributed by atoms with Gasteiger partial charge in [0.1, 0.15) is 0 Å². The van der Waals surface area contributed by atoms with Gasteiger partial charge in [-0.15, -0.1) is 0 Å². The first-order valence-electron chi connectivity index (χ1n) is 5.34. The van der Waals surface area contributed by atoms with Gasteiger partial charge in [0.05, 0.1) is 0 Å². The van der Waals surface area contributed by atoms with Gasteiger partial charge in [0.15, 0.2) is 0 Å². The molecular formula is C12H18N2. The summed E-state index contributed by atoms with van der Waals surface area (Å²) in [5.41, 5.74) is 1.42. The van der Waals surface area contributed by atoms with Crippen LogP contribution >= 0.6 is 0 Å². The van der Waals surface area contributed by atoms with Crippen LogP contribution in [0.5, 0.6) is 0 Å². The van der Waals surface area contributed by atoms with Gasteiger partial charge in [-0.3, -0.25) is 4.90 Å². The lowest BCUT2D eigenvalue weighted by Gasteiger charge is -2.31. The molecule has 0 radical (unpaired) electrons. The molecule has 1 atom stereocenters. The van der Waals surface area contributed by atoms with E-state index in [1.165, 1.54) is 12.1 Å². The van der Waals surface area contributed by atoms with Crippen LogP contribution in [0.15, 0.2) is 30.3 Å². The quantitative estimate of drug-likeness (QED) is 0.760. The van der Waals surface area contributed by atoms with Crippen molar-refractivity contribution in [2.75, 3.05) is 19.6 Å². The standard InChI is InChI=1S/C12H18N2/c1-11-9-14(8-7-13-11)10-12-5-3-2-4-6-12/h2-6,11,13H,7-10H2,1H3/t11-/m0/s1. The molecule has 0 unspecified atom stereocenters. The van der Waals surface area contributed by atoms with Crippen molar-refractivity contribution in [3.05, 3.63) is 35.9 Å². The highest BCUT2D eigenvalue weighted by atomic mass is 15.2. The van der Waals surface area contributed by atoms with Crippen LogP contribution in [0.4, 0.5) is 0 Å². The summed E-state index contributed by atoms with van der Waals surface area (Å²) in [6.07, 6.45) is 0. The zero-order valence-corrected chi connectivity index (χ0v) is 8.74. The maximum Gasteiger partial charge on any atom is 0.0234 e. The van der Waals surface area contributed by atoms with Crippen molar-refractivity contribution in [1.29, 1.82) is 0 Å². The van der Waals surface area contributed by atoms with E-state index in [1.807, 2.05) is 0 Å². The molecule has 1 N–H and O–H groups in total. The smallest absolute Gasteiger partial charge is 0.0234 e. The van der Waals surface area contributed by atoms with E-state index in [0.717, 1.165) is 19.6 Å². The van der Waals surface area contributed by atoms with Gasteiger partial charge < -0.3 is 5.32 Å². The second-order valence-electron chi connectivity index (χ2n) is 4.08. The normalized spacial score (nSPS) is 23.6. The Bertz CT molecular complexity index is 271. The number of nitrogens with zero attached hydrogens (tertiary/aromatic N) is 1. The zero-order chi connectivity index (χ0) is 9.80. The monoisotopic (exact) mass is 190 g/mol. The Balaban J connectivity index is 1.91. The first-order valence-corrected chi connectivity index (χ1v) is 5.34. The molecule has 0 saturated carbocycles. The van der Waals surface area contributed by atoms with Gasteiger partial charge in [0.25, 0.3) is 0 Å². The van der Waals surface area contributed by atoms with Gasteiger partial charge in [-0.2, -0.15) is 0 Å². The second kappa shape index (κ2) is 4.58. The number of nitrogens with one attached hydrogen (secondary N) is 1. The molecule has 1 aliphatic heterocycles. The van der Waals surface area contributed by atoms with Gasteiger partial charge in [0.2, 0.25) is 0 Å². The topological polar surface area (TPSA) is 15.3 Å². The molecular weight excluding hydrogens is 172 g/mol. The van der Waals surface area contributed by atoms with Crippen molar-refractivity contribution >= 4 is 0 Å². The molecule has 0 spiro atoms. The van der Waals surface area contributed by atoms with Crippen LogP contribution < -0.4 is 5.32 Å². The first-order chi connectivity index (χ1) is 6.84. The Morgan fingerprint density at radius 3 is 2.86 bits per heavy atom. The molecule has 0 aliphatic carbocycles. The molecule has 1 aliphatic rings. The van der Waals surface area contributed by atoms with Crippen molar-refractivity contribution in [3.8, 4) is 0 Å². The van der Waals surface area contributed by atoms with Gasteiger partial charge in [0, 0.05) is 32.2 Å². The highest BCUT2D eigenvalue weighted by Gasteiger charge is 2.14. The SMILES string of the molecule is C[C@H]1CN(Cc2ccccc2)CCN1. The lowest BCUT2D eigenvalue weighted by molar-refractivity contribution is 0.199. The molecule has 0 bridgehead atoms. The number of benzene rings is 1. The average Bonchev–Trinajstić information content (AvgIpc) is 2.19. The molecule has 0 amide bonds. The van der Waals surface area contributed by atoms with E-state index in [0.29, 0.717) is 6.04 Å². The Kier molecular flexibility index (Phi) is 3.17. The lowest BCUT2D eigenvalue weighted by Crippen LogP contribution is -2.48. The summed E-state index contributed by atoms with van der Waals surface area (Å²) in [4.78, 5) is 2.51. The van der Waals surface area contributed by atoms with Gasteiger partial charge in [-0.25, -0.2) is 0 Å². The summed E-state index contributed by atoms with van der Waals surface area (Å²) < 4.78 is 0. The van der Waals surface area contributed by atoms with Crippen LogP contribution in [0.3, 0.4) is 0 Å². The third kappa shape index (κ3) is 2.56. The fourth-order valence-electron chi connectivity index (χ4n) is 2.00. The third-order valence-electron chi connectivity index (χ3n) is 2.70. The maximum atomic E-state index is 3.46. The fraction of sp³-hybridized carbons (Fsp3) is 0.500. The minimum absolute atomic E-state index is 0.632. The van der Waals surface area contributed by atoms with Crippen LogP contribution in [0.2, 0.25) is 0 Å². The summed E-state index contributed by atoms with van der Waals surface area (Å²) in [6, 6.07) is 11.3. The summed E-state index contributed by atoms with van der Waals surface area (Å²) in [5, 5.41) is 3.46. The Hall–Kier alpha value is -0.860. The highest BCUT2D eigenvalue weighted by Crippen LogP contribution is 2.06. The maximum absolute atomic E-state index is 3.46. The van der Waals surface area contributed by atoms with Crippen molar-refractivity contribution in [3.63, 3.8) is 0 Å². The summed E-state index contributed by atoms with van der Waals surface area (Å²) >= 11 is 0. The molecule has 2 heteroatoms. The van der Waals surface area contributed by atoms with E-state index in [1.54, 1.807) is 0 Å². The first kappa shape index (κ1) is 9.69. The van der Waals surface area contributed by atoms with Gasteiger partial charge in [-0.05, 0) is 12.5 Å². The molecule has 1 aromatic rings. The average molecular weight is 190 g/mol. The molecule has 1 aromatic carbocycles. The van der Waals surface area contributed by atoms with Crippen molar-refractivity contribution < 1.29 is 0 Å².